The van der Waals surface area contributed by atoms with Gasteiger partial charge in [-0.2, -0.15) is 5.10 Å². The Balaban J connectivity index is 2.68. The van der Waals surface area contributed by atoms with Gasteiger partial charge >= 0.3 is 11.9 Å². The molecule has 0 fully saturated rings. The van der Waals surface area contributed by atoms with E-state index in [0.717, 1.165) is 0 Å². The Morgan fingerprint density at radius 1 is 1.24 bits per heavy atom. The Morgan fingerprint density at radius 3 is 2.48 bits per heavy atom. The van der Waals surface area contributed by atoms with Crippen LogP contribution in [0.25, 0.3) is 5.69 Å². The smallest absolute Gasteiger partial charge is 0.340 e. The van der Waals surface area contributed by atoms with Gasteiger partial charge in [0.25, 0.3) is 0 Å². The summed E-state index contributed by atoms with van der Waals surface area (Å²) in [5.41, 5.74) is 1.51. The number of benzene rings is 1. The second kappa shape index (κ2) is 5.78. The number of hydrogen-bond acceptors (Lipinski definition) is 4. The van der Waals surface area contributed by atoms with Gasteiger partial charge in [-0.05, 0) is 18.1 Å². The molecule has 0 aliphatic carbocycles. The van der Waals surface area contributed by atoms with E-state index in [4.69, 9.17) is 4.74 Å². The maximum absolute atomic E-state index is 11.8. The van der Waals surface area contributed by atoms with Crippen LogP contribution in [-0.2, 0) is 4.74 Å². The van der Waals surface area contributed by atoms with Gasteiger partial charge in [-0.25, -0.2) is 14.3 Å². The lowest BCUT2D eigenvalue weighted by Crippen LogP contribution is -2.13. The molecule has 110 valence electrons. The Hall–Kier alpha value is -2.63. The molecule has 0 aliphatic rings. The van der Waals surface area contributed by atoms with Gasteiger partial charge in [0.15, 0.2) is 0 Å². The average Bonchev–Trinajstić information content (AvgIpc) is 2.91. The lowest BCUT2D eigenvalue weighted by Gasteiger charge is -2.14. The first-order chi connectivity index (χ1) is 9.97. The number of carbonyl (C=O) groups is 2. The molecule has 2 rings (SSSR count). The van der Waals surface area contributed by atoms with Gasteiger partial charge in [0.1, 0.15) is 5.56 Å². The predicted molar refractivity (Wildman–Crippen MR) is 76.0 cm³/mol. The van der Waals surface area contributed by atoms with E-state index in [1.165, 1.54) is 18.0 Å². The number of methoxy groups -OCH3 is 1. The molecule has 2 aromatic rings. The Labute approximate surface area is 122 Å². The summed E-state index contributed by atoms with van der Waals surface area (Å²) in [5, 5.41) is 13.4. The highest BCUT2D eigenvalue weighted by Gasteiger charge is 2.23. The van der Waals surface area contributed by atoms with Crippen molar-refractivity contribution in [3.63, 3.8) is 0 Å². The number of hydrogen-bond donors (Lipinski definition) is 1. The minimum Gasteiger partial charge on any atom is -0.478 e. The molecule has 1 aromatic carbocycles. The second-order valence-electron chi connectivity index (χ2n) is 4.82. The summed E-state index contributed by atoms with van der Waals surface area (Å²) in [6.45, 7) is 3.75. The first kappa shape index (κ1) is 14.8. The molecular formula is C15H16N2O4. The zero-order valence-corrected chi connectivity index (χ0v) is 12.0. The first-order valence-corrected chi connectivity index (χ1v) is 6.46. The van der Waals surface area contributed by atoms with E-state index in [-0.39, 0.29) is 11.5 Å². The lowest BCUT2D eigenvalue weighted by atomic mass is 10.1. The Bertz CT molecular complexity index is 689. The van der Waals surface area contributed by atoms with E-state index in [1.807, 2.05) is 13.8 Å². The molecule has 0 aliphatic heterocycles. The molecule has 1 heterocycles. The van der Waals surface area contributed by atoms with Gasteiger partial charge in [-0.3, -0.25) is 0 Å². The van der Waals surface area contributed by atoms with Crippen LogP contribution in [0, 0.1) is 0 Å². The van der Waals surface area contributed by atoms with Crippen LogP contribution in [0.2, 0.25) is 0 Å². The third-order valence-electron chi connectivity index (χ3n) is 3.12. The molecule has 0 spiro atoms. The highest BCUT2D eigenvalue weighted by atomic mass is 16.5. The maximum atomic E-state index is 11.8. The van der Waals surface area contributed by atoms with Crippen molar-refractivity contribution < 1.29 is 19.4 Å². The fraction of sp³-hybridized carbons (Fsp3) is 0.267. The molecule has 0 unspecified atom stereocenters. The van der Waals surface area contributed by atoms with Crippen LogP contribution in [0.4, 0.5) is 0 Å². The van der Waals surface area contributed by atoms with Crippen LogP contribution >= 0.6 is 0 Å². The summed E-state index contributed by atoms with van der Waals surface area (Å²) >= 11 is 0. The largest absolute Gasteiger partial charge is 0.478 e. The number of rotatable bonds is 4. The molecular weight excluding hydrogens is 272 g/mol. The number of para-hydroxylation sites is 1. The number of carboxylic acid groups (broad SMARTS) is 1. The van der Waals surface area contributed by atoms with E-state index in [2.05, 4.69) is 5.10 Å². The summed E-state index contributed by atoms with van der Waals surface area (Å²) in [5.74, 6) is -1.60. The molecule has 0 atom stereocenters. The molecule has 1 aromatic heterocycles. The number of aromatic nitrogens is 2. The zero-order chi connectivity index (χ0) is 15.6. The van der Waals surface area contributed by atoms with Crippen molar-refractivity contribution in [3.8, 4) is 5.69 Å². The summed E-state index contributed by atoms with van der Waals surface area (Å²) < 4.78 is 6.24. The van der Waals surface area contributed by atoms with Crippen LogP contribution < -0.4 is 0 Å². The van der Waals surface area contributed by atoms with E-state index in [0.29, 0.717) is 16.9 Å². The van der Waals surface area contributed by atoms with Gasteiger partial charge in [0, 0.05) is 0 Å². The van der Waals surface area contributed by atoms with Gasteiger partial charge in [0.2, 0.25) is 0 Å². The van der Waals surface area contributed by atoms with Gasteiger partial charge in [-0.1, -0.05) is 26.0 Å². The number of esters is 1. The normalized spacial score (nSPS) is 10.7. The van der Waals surface area contributed by atoms with Crippen molar-refractivity contribution >= 4 is 11.9 Å². The van der Waals surface area contributed by atoms with Crippen LogP contribution in [0.3, 0.4) is 0 Å². The van der Waals surface area contributed by atoms with Crippen LogP contribution in [0.15, 0.2) is 30.5 Å². The SMILES string of the molecule is COC(=O)c1ccccc1-n1ncc(C(=O)O)c1C(C)C. The van der Waals surface area contributed by atoms with Crippen LogP contribution in [0.1, 0.15) is 46.2 Å². The second-order valence-corrected chi connectivity index (χ2v) is 4.82. The van der Waals surface area contributed by atoms with E-state index in [1.54, 1.807) is 24.3 Å². The molecule has 6 heteroatoms. The van der Waals surface area contributed by atoms with Crippen molar-refractivity contribution in [2.45, 2.75) is 19.8 Å². The van der Waals surface area contributed by atoms with Gasteiger partial charge in [0.05, 0.1) is 30.3 Å². The lowest BCUT2D eigenvalue weighted by molar-refractivity contribution is 0.0599. The van der Waals surface area contributed by atoms with Gasteiger partial charge in [-0.15, -0.1) is 0 Å². The number of carbonyl (C=O) groups excluding carboxylic acids is 1. The van der Waals surface area contributed by atoms with Crippen LogP contribution in [0.5, 0.6) is 0 Å². The van der Waals surface area contributed by atoms with E-state index < -0.39 is 11.9 Å². The third-order valence-corrected chi connectivity index (χ3v) is 3.12. The van der Waals surface area contributed by atoms with Crippen LogP contribution in [-0.4, -0.2) is 33.9 Å². The summed E-state index contributed by atoms with van der Waals surface area (Å²) in [4.78, 5) is 23.2. The molecule has 0 bridgehead atoms. The monoisotopic (exact) mass is 288 g/mol. The standard InChI is InChI=1S/C15H16N2O4/c1-9(2)13-11(14(18)19)8-16-17(13)12-7-5-4-6-10(12)15(20)21-3/h4-9H,1-3H3,(H,18,19). The number of ether oxygens (including phenoxy) is 1. The Morgan fingerprint density at radius 2 is 1.90 bits per heavy atom. The minimum atomic E-state index is -1.04. The van der Waals surface area contributed by atoms with E-state index in [9.17, 15) is 14.7 Å². The summed E-state index contributed by atoms with van der Waals surface area (Å²) in [6.07, 6.45) is 1.30. The quantitative estimate of drug-likeness (QED) is 0.874. The third kappa shape index (κ3) is 2.65. The maximum Gasteiger partial charge on any atom is 0.340 e. The van der Waals surface area contributed by atoms with Crippen molar-refractivity contribution in [3.05, 3.63) is 47.3 Å². The highest BCUT2D eigenvalue weighted by Crippen LogP contribution is 2.25. The minimum absolute atomic E-state index is 0.0655. The van der Waals surface area contributed by atoms with Crippen molar-refractivity contribution in [2.75, 3.05) is 7.11 Å². The Kier molecular flexibility index (Phi) is 4.07. The summed E-state index contributed by atoms with van der Waals surface area (Å²) in [7, 11) is 1.30. The molecule has 0 radical (unpaired) electrons. The topological polar surface area (TPSA) is 81.4 Å². The fourth-order valence-electron chi connectivity index (χ4n) is 2.21. The van der Waals surface area contributed by atoms with Crippen molar-refractivity contribution in [1.82, 2.24) is 9.78 Å². The molecule has 21 heavy (non-hydrogen) atoms. The fourth-order valence-corrected chi connectivity index (χ4v) is 2.21. The average molecular weight is 288 g/mol. The molecule has 0 amide bonds. The highest BCUT2D eigenvalue weighted by molar-refractivity contribution is 5.94. The number of carboxylic acids is 1. The summed E-state index contributed by atoms with van der Waals surface area (Å²) in [6, 6.07) is 6.80. The van der Waals surface area contributed by atoms with Crippen molar-refractivity contribution in [2.24, 2.45) is 0 Å². The van der Waals surface area contributed by atoms with Crippen molar-refractivity contribution in [1.29, 1.82) is 0 Å². The molecule has 1 N–H and O–H groups in total. The predicted octanol–water partition coefficient (Wildman–Crippen LogP) is 2.48. The number of aromatic carboxylic acids is 1. The first-order valence-electron chi connectivity index (χ1n) is 6.46. The molecule has 6 nitrogen and oxygen atoms in total. The van der Waals surface area contributed by atoms with Gasteiger partial charge < -0.3 is 9.84 Å². The van der Waals surface area contributed by atoms with E-state index >= 15 is 0 Å². The molecule has 0 saturated heterocycles. The molecule has 0 saturated carbocycles. The zero-order valence-electron chi connectivity index (χ0n) is 12.0. The number of nitrogens with zero attached hydrogens (tertiary/aromatic N) is 2.